The Morgan fingerprint density at radius 3 is 2.50 bits per heavy atom. The van der Waals surface area contributed by atoms with Gasteiger partial charge in [0, 0.05) is 31.3 Å². The molecule has 8 nitrogen and oxygen atoms in total. The molecule has 1 saturated carbocycles. The predicted octanol–water partition coefficient (Wildman–Crippen LogP) is 4.61. The number of hydroxylamine groups is 1. The van der Waals surface area contributed by atoms with Crippen LogP contribution in [0.25, 0.3) is 0 Å². The molecule has 0 bridgehead atoms. The van der Waals surface area contributed by atoms with Crippen LogP contribution in [-0.2, 0) is 15.8 Å². The summed E-state index contributed by atoms with van der Waals surface area (Å²) in [5.74, 6) is 0.162. The van der Waals surface area contributed by atoms with Gasteiger partial charge in [-0.05, 0) is 60.7 Å². The van der Waals surface area contributed by atoms with Crippen molar-refractivity contribution in [2.75, 3.05) is 35.4 Å². The van der Waals surface area contributed by atoms with E-state index in [1.54, 1.807) is 35.8 Å². The molecule has 0 radical (unpaired) electrons. The third-order valence-electron chi connectivity index (χ3n) is 5.52. The van der Waals surface area contributed by atoms with Crippen molar-refractivity contribution in [2.24, 2.45) is 0 Å². The van der Waals surface area contributed by atoms with Crippen molar-refractivity contribution in [3.05, 3.63) is 71.7 Å². The van der Waals surface area contributed by atoms with Crippen LogP contribution in [0.2, 0.25) is 0 Å². The van der Waals surface area contributed by atoms with Crippen molar-refractivity contribution < 1.29 is 18.2 Å². The average Bonchev–Trinajstić information content (AvgIpc) is 3.66. The highest BCUT2D eigenvalue weighted by molar-refractivity contribution is 7.85. The molecule has 3 N–H and O–H groups in total. The Bertz CT molecular complexity index is 1220. The first-order valence-electron chi connectivity index (χ1n) is 10.7. The average molecular weight is 484 g/mol. The highest BCUT2D eigenvalue weighted by Crippen LogP contribution is 2.43. The lowest BCUT2D eigenvalue weighted by Crippen LogP contribution is -2.23. The smallest absolute Gasteiger partial charge is 0.278 e. The van der Waals surface area contributed by atoms with Crippen LogP contribution in [0, 0.1) is 5.82 Å². The first kappa shape index (κ1) is 23.7. The SMILES string of the molecule is CONC(=O)c1cnc(Nc2ccc(F)cc2)cc1Nc1ccc(C2CC2)cc1N(C)S(C)=O. The lowest BCUT2D eigenvalue weighted by molar-refractivity contribution is 0.0538. The highest BCUT2D eigenvalue weighted by atomic mass is 32.2. The van der Waals surface area contributed by atoms with E-state index in [0.717, 1.165) is 18.5 Å². The highest BCUT2D eigenvalue weighted by Gasteiger charge is 2.25. The first-order chi connectivity index (χ1) is 16.4. The number of aromatic nitrogens is 1. The van der Waals surface area contributed by atoms with Crippen molar-refractivity contribution in [3.63, 3.8) is 0 Å². The summed E-state index contributed by atoms with van der Waals surface area (Å²) in [6.45, 7) is 0. The molecule has 1 heterocycles. The fourth-order valence-corrected chi connectivity index (χ4v) is 3.93. The molecular formula is C24H26FN5O3S. The molecule has 10 heteroatoms. The van der Waals surface area contributed by atoms with Gasteiger partial charge < -0.3 is 10.6 Å². The Kier molecular flexibility index (Phi) is 7.09. The van der Waals surface area contributed by atoms with Gasteiger partial charge in [0.1, 0.15) is 22.6 Å². The van der Waals surface area contributed by atoms with E-state index in [-0.39, 0.29) is 11.4 Å². The Hall–Kier alpha value is -3.50. The van der Waals surface area contributed by atoms with Crippen LogP contribution >= 0.6 is 0 Å². The number of anilines is 5. The molecule has 4 rings (SSSR count). The van der Waals surface area contributed by atoms with Crippen LogP contribution in [0.5, 0.6) is 0 Å². The van der Waals surface area contributed by atoms with E-state index >= 15 is 0 Å². The summed E-state index contributed by atoms with van der Waals surface area (Å²) in [4.78, 5) is 21.7. The van der Waals surface area contributed by atoms with Crippen molar-refractivity contribution in [3.8, 4) is 0 Å². The van der Waals surface area contributed by atoms with Crippen molar-refractivity contribution in [2.45, 2.75) is 18.8 Å². The normalized spacial score (nSPS) is 13.8. The van der Waals surface area contributed by atoms with Gasteiger partial charge in [-0.15, -0.1) is 0 Å². The zero-order valence-corrected chi connectivity index (χ0v) is 19.9. The minimum atomic E-state index is -1.24. The molecule has 1 amide bonds. The number of hydrogen-bond donors (Lipinski definition) is 3. The zero-order valence-electron chi connectivity index (χ0n) is 19.1. The molecule has 1 unspecified atom stereocenters. The van der Waals surface area contributed by atoms with Gasteiger partial charge in [0.05, 0.1) is 29.7 Å². The van der Waals surface area contributed by atoms with Crippen molar-refractivity contribution in [1.82, 2.24) is 10.5 Å². The Balaban J connectivity index is 1.71. The van der Waals surface area contributed by atoms with Gasteiger partial charge in [-0.3, -0.25) is 13.9 Å². The third-order valence-corrected chi connectivity index (χ3v) is 6.49. The van der Waals surface area contributed by atoms with Crippen LogP contribution < -0.4 is 20.4 Å². The Labute approximate surface area is 200 Å². The maximum atomic E-state index is 13.3. The minimum Gasteiger partial charge on any atom is -0.353 e. The summed E-state index contributed by atoms with van der Waals surface area (Å²) in [6.07, 6.45) is 5.33. The van der Waals surface area contributed by atoms with Gasteiger partial charge in [-0.2, -0.15) is 0 Å². The summed E-state index contributed by atoms with van der Waals surface area (Å²) in [5, 5.41) is 6.41. The predicted molar refractivity (Wildman–Crippen MR) is 133 cm³/mol. The second kappa shape index (κ2) is 10.2. The molecule has 1 aliphatic carbocycles. The van der Waals surface area contributed by atoms with E-state index in [0.29, 0.717) is 28.8 Å². The fourth-order valence-electron chi connectivity index (χ4n) is 3.51. The third kappa shape index (κ3) is 5.52. The molecule has 3 aromatic rings. The second-order valence-corrected chi connectivity index (χ2v) is 9.37. The largest absolute Gasteiger partial charge is 0.353 e. The standard InChI is InChI=1S/C24H26FN5O3S/c1-30(34(3)32)22-12-16(15-4-5-15)6-11-20(22)28-21-13-23(26-14-19(21)24(31)29-33-2)27-18-9-7-17(25)8-10-18/h6-15H,4-5H2,1-3H3,(H,29,31)(H2,26,27,28). The molecule has 0 saturated heterocycles. The molecule has 2 aromatic carbocycles. The zero-order chi connectivity index (χ0) is 24.2. The maximum Gasteiger partial charge on any atom is 0.278 e. The number of benzene rings is 2. The topological polar surface area (TPSA) is 95.6 Å². The number of pyridine rings is 1. The number of amides is 1. The molecule has 178 valence electrons. The quantitative estimate of drug-likeness (QED) is 0.385. The second-order valence-electron chi connectivity index (χ2n) is 7.98. The van der Waals surface area contributed by atoms with E-state index in [9.17, 15) is 13.4 Å². The lowest BCUT2D eigenvalue weighted by atomic mass is 10.1. The number of rotatable bonds is 9. The summed E-state index contributed by atoms with van der Waals surface area (Å²) < 4.78 is 27.2. The molecule has 34 heavy (non-hydrogen) atoms. The summed E-state index contributed by atoms with van der Waals surface area (Å²) in [6, 6.07) is 13.6. The van der Waals surface area contributed by atoms with Gasteiger partial charge >= 0.3 is 0 Å². The summed E-state index contributed by atoms with van der Waals surface area (Å²) in [7, 11) is 1.87. The molecule has 1 aromatic heterocycles. The molecule has 1 atom stereocenters. The number of carbonyl (C=O) groups excluding carboxylic acids is 1. The van der Waals surface area contributed by atoms with Crippen molar-refractivity contribution in [1.29, 1.82) is 0 Å². The molecule has 0 spiro atoms. The summed E-state index contributed by atoms with van der Waals surface area (Å²) in [5.41, 5.74) is 6.31. The maximum absolute atomic E-state index is 13.3. The van der Waals surface area contributed by atoms with Gasteiger partial charge in [-0.25, -0.2) is 19.1 Å². The van der Waals surface area contributed by atoms with Crippen LogP contribution in [0.3, 0.4) is 0 Å². The van der Waals surface area contributed by atoms with Gasteiger partial charge in [0.2, 0.25) is 0 Å². The van der Waals surface area contributed by atoms with Gasteiger partial charge in [-0.1, -0.05) is 6.07 Å². The van der Waals surface area contributed by atoms with E-state index in [4.69, 9.17) is 4.84 Å². The minimum absolute atomic E-state index is 0.254. The molecule has 1 fully saturated rings. The first-order valence-corrected chi connectivity index (χ1v) is 12.2. The number of nitrogens with zero attached hydrogens (tertiary/aromatic N) is 2. The number of halogens is 1. The van der Waals surface area contributed by atoms with Crippen LogP contribution in [0.15, 0.2) is 54.7 Å². The van der Waals surface area contributed by atoms with Crippen molar-refractivity contribution >= 4 is 45.5 Å². The van der Waals surface area contributed by atoms with Crippen LogP contribution in [-0.4, -0.2) is 35.5 Å². The summed E-state index contributed by atoms with van der Waals surface area (Å²) >= 11 is 0. The molecular weight excluding hydrogens is 457 g/mol. The monoisotopic (exact) mass is 483 g/mol. The van der Waals surface area contributed by atoms with Crippen LogP contribution in [0.1, 0.15) is 34.7 Å². The van der Waals surface area contributed by atoms with E-state index in [1.165, 1.54) is 31.0 Å². The van der Waals surface area contributed by atoms with E-state index in [2.05, 4.69) is 21.1 Å². The lowest BCUT2D eigenvalue weighted by Gasteiger charge is -2.22. The molecule has 0 aliphatic heterocycles. The van der Waals surface area contributed by atoms with Gasteiger partial charge in [0.25, 0.3) is 5.91 Å². The van der Waals surface area contributed by atoms with E-state index in [1.807, 2.05) is 18.2 Å². The molecule has 1 aliphatic rings. The Morgan fingerprint density at radius 1 is 1.12 bits per heavy atom. The van der Waals surface area contributed by atoms with Crippen LogP contribution in [0.4, 0.5) is 33.0 Å². The van der Waals surface area contributed by atoms with Gasteiger partial charge in [0.15, 0.2) is 0 Å². The number of carbonyl (C=O) groups is 1. The van der Waals surface area contributed by atoms with E-state index < -0.39 is 16.9 Å². The fraction of sp³-hybridized carbons (Fsp3) is 0.250. The number of hydrogen-bond acceptors (Lipinski definition) is 6. The number of nitrogens with one attached hydrogen (secondary N) is 3. The Morgan fingerprint density at radius 2 is 1.85 bits per heavy atom.